The molecule has 3 fully saturated rings. The second kappa shape index (κ2) is 8.76. The minimum atomic E-state index is 0.200. The molecule has 0 saturated heterocycles. The van der Waals surface area contributed by atoms with Crippen LogP contribution in [0.25, 0.3) is 0 Å². The molecule has 3 aliphatic carbocycles. The molecule has 30 heavy (non-hydrogen) atoms. The number of fused-ring (bicyclic) bond motifs is 3. The fourth-order valence-electron chi connectivity index (χ4n) is 8.40. The average molecular weight is 415 g/mol. The maximum atomic E-state index is 13.3. The number of carbonyl (C=O) groups is 1. The highest BCUT2D eigenvalue weighted by atomic mass is 16.5. The molecule has 3 saturated carbocycles. The summed E-state index contributed by atoms with van der Waals surface area (Å²) in [5.74, 6) is 3.82. The first kappa shape index (κ1) is 22.0. The molecule has 168 valence electrons. The number of rotatable bonds is 8. The van der Waals surface area contributed by atoms with E-state index in [1.807, 2.05) is 17.9 Å². The Balaban J connectivity index is 1.53. The van der Waals surface area contributed by atoms with E-state index in [9.17, 15) is 4.79 Å². The maximum absolute atomic E-state index is 13.3. The summed E-state index contributed by atoms with van der Waals surface area (Å²) in [5, 5.41) is 0. The molecule has 7 unspecified atom stereocenters. The predicted octanol–water partition coefficient (Wildman–Crippen LogP) is 5.76. The lowest BCUT2D eigenvalue weighted by molar-refractivity contribution is -0.134. The zero-order valence-corrected chi connectivity index (χ0v) is 19.6. The zero-order chi connectivity index (χ0) is 21.4. The Hall–Kier alpha value is -1.16. The molecule has 4 heteroatoms. The van der Waals surface area contributed by atoms with E-state index < -0.39 is 0 Å². The van der Waals surface area contributed by atoms with E-state index in [1.54, 1.807) is 12.5 Å². The first-order valence-corrected chi connectivity index (χ1v) is 12.4. The van der Waals surface area contributed by atoms with Crippen LogP contribution in [0.5, 0.6) is 0 Å². The van der Waals surface area contributed by atoms with E-state index in [4.69, 9.17) is 4.74 Å². The molecule has 7 atom stereocenters. The number of hydrogen-bond donors (Lipinski definition) is 0. The van der Waals surface area contributed by atoms with Crippen molar-refractivity contribution in [3.05, 3.63) is 18.7 Å². The van der Waals surface area contributed by atoms with Gasteiger partial charge in [-0.1, -0.05) is 27.2 Å². The topological polar surface area (TPSA) is 44.1 Å². The van der Waals surface area contributed by atoms with Crippen LogP contribution in [-0.2, 0) is 16.1 Å². The number of ether oxygens (including phenoxy) is 1. The lowest BCUT2D eigenvalue weighted by Crippen LogP contribution is -2.52. The maximum Gasteiger partial charge on any atom is 0.156 e. The van der Waals surface area contributed by atoms with Gasteiger partial charge in [-0.15, -0.1) is 0 Å². The lowest BCUT2D eigenvalue weighted by Gasteiger charge is -2.59. The second-order valence-corrected chi connectivity index (χ2v) is 11.1. The van der Waals surface area contributed by atoms with Crippen LogP contribution in [0.3, 0.4) is 0 Å². The third-order valence-corrected chi connectivity index (χ3v) is 9.81. The van der Waals surface area contributed by atoms with Crippen LogP contribution in [0, 0.1) is 40.4 Å². The number of nitrogens with zero attached hydrogens (tertiary/aromatic N) is 2. The molecule has 0 amide bonds. The molecule has 0 radical (unpaired) electrons. The highest BCUT2D eigenvalue weighted by Gasteiger charge is 2.60. The molecule has 3 aliphatic rings. The van der Waals surface area contributed by atoms with Crippen LogP contribution in [-0.4, -0.2) is 29.1 Å². The van der Waals surface area contributed by atoms with Crippen molar-refractivity contribution in [2.24, 2.45) is 40.4 Å². The lowest BCUT2D eigenvalue weighted by atomic mass is 9.46. The van der Waals surface area contributed by atoms with E-state index >= 15 is 0 Å². The number of carbonyl (C=O) groups excluding carboxylic acids is 1. The Kier molecular flexibility index (Phi) is 6.44. The number of imidazole rings is 1. The summed E-state index contributed by atoms with van der Waals surface area (Å²) in [6.07, 6.45) is 16.9. The van der Waals surface area contributed by atoms with Crippen LogP contribution in [0.1, 0.15) is 78.6 Å². The molecule has 0 aromatic carbocycles. The van der Waals surface area contributed by atoms with E-state index in [2.05, 4.69) is 25.8 Å². The summed E-state index contributed by atoms with van der Waals surface area (Å²) < 4.78 is 7.43. The Morgan fingerprint density at radius 1 is 1.17 bits per heavy atom. The minimum Gasteiger partial charge on any atom is -0.385 e. The first-order chi connectivity index (χ1) is 14.4. The molecule has 0 bridgehead atoms. The molecule has 4 rings (SSSR count). The Labute approximate surface area is 183 Å². The van der Waals surface area contributed by atoms with E-state index in [0.29, 0.717) is 17.7 Å². The number of ketones is 1. The largest absolute Gasteiger partial charge is 0.385 e. The quantitative estimate of drug-likeness (QED) is 0.543. The summed E-state index contributed by atoms with van der Waals surface area (Å²) in [4.78, 5) is 17.4. The van der Waals surface area contributed by atoms with Gasteiger partial charge >= 0.3 is 0 Å². The fourth-order valence-corrected chi connectivity index (χ4v) is 8.40. The van der Waals surface area contributed by atoms with Crippen molar-refractivity contribution >= 4 is 5.78 Å². The van der Waals surface area contributed by atoms with Crippen LogP contribution >= 0.6 is 0 Å². The SMILES string of the molecule is CCCC1(C)C(CCOC)CCC2C1CCC1(C)C(C(=O)Cn3ccnc3)CCC21. The summed E-state index contributed by atoms with van der Waals surface area (Å²) in [6, 6.07) is 0. The first-order valence-electron chi connectivity index (χ1n) is 12.4. The third-order valence-electron chi connectivity index (χ3n) is 9.81. The van der Waals surface area contributed by atoms with Gasteiger partial charge in [0.2, 0.25) is 0 Å². The van der Waals surface area contributed by atoms with Crippen molar-refractivity contribution < 1.29 is 9.53 Å². The monoisotopic (exact) mass is 414 g/mol. The number of aromatic nitrogens is 2. The number of methoxy groups -OCH3 is 1. The van der Waals surface area contributed by atoms with E-state index in [-0.39, 0.29) is 11.3 Å². The van der Waals surface area contributed by atoms with Crippen molar-refractivity contribution in [3.8, 4) is 0 Å². The zero-order valence-electron chi connectivity index (χ0n) is 19.6. The summed E-state index contributed by atoms with van der Waals surface area (Å²) in [7, 11) is 1.84. The van der Waals surface area contributed by atoms with Crippen molar-refractivity contribution in [2.75, 3.05) is 13.7 Å². The molecule has 1 heterocycles. The van der Waals surface area contributed by atoms with Gasteiger partial charge in [0.25, 0.3) is 0 Å². The number of Topliss-reactive ketones (excluding diaryl/α,β-unsaturated/α-hetero) is 1. The van der Waals surface area contributed by atoms with Gasteiger partial charge in [-0.3, -0.25) is 4.79 Å². The van der Waals surface area contributed by atoms with E-state index in [1.165, 1.54) is 51.4 Å². The van der Waals surface area contributed by atoms with Crippen molar-refractivity contribution in [1.82, 2.24) is 9.55 Å². The molecule has 1 aromatic heterocycles. The highest BCUT2D eigenvalue weighted by Crippen LogP contribution is 2.66. The van der Waals surface area contributed by atoms with E-state index in [0.717, 1.165) is 36.7 Å². The molecular weight excluding hydrogens is 372 g/mol. The van der Waals surface area contributed by atoms with Gasteiger partial charge in [-0.05, 0) is 85.9 Å². The Morgan fingerprint density at radius 3 is 2.70 bits per heavy atom. The second-order valence-electron chi connectivity index (χ2n) is 11.1. The molecular formula is C26H42N2O2. The Morgan fingerprint density at radius 2 is 2.00 bits per heavy atom. The van der Waals surface area contributed by atoms with Gasteiger partial charge in [0.05, 0.1) is 12.9 Å². The summed E-state index contributed by atoms with van der Waals surface area (Å²) in [6.45, 7) is 8.81. The van der Waals surface area contributed by atoms with Crippen molar-refractivity contribution in [2.45, 2.75) is 85.1 Å². The standard InChI is InChI=1S/C26H42N2O2/c1-5-12-25(2)19(11-16-30-4)6-7-20-21-8-9-23(26(21,3)13-10-22(20)25)24(29)17-28-15-14-27-18-28/h14-15,18-23H,5-13,16-17H2,1-4H3. The predicted molar refractivity (Wildman–Crippen MR) is 120 cm³/mol. The Bertz CT molecular complexity index is 717. The molecule has 1 aromatic rings. The third kappa shape index (κ3) is 3.67. The minimum absolute atomic E-state index is 0.200. The van der Waals surface area contributed by atoms with Gasteiger partial charge in [-0.2, -0.15) is 0 Å². The average Bonchev–Trinajstić information content (AvgIpc) is 3.34. The van der Waals surface area contributed by atoms with Crippen LogP contribution in [0.2, 0.25) is 0 Å². The van der Waals surface area contributed by atoms with Crippen molar-refractivity contribution in [3.63, 3.8) is 0 Å². The van der Waals surface area contributed by atoms with Crippen molar-refractivity contribution in [1.29, 1.82) is 0 Å². The molecule has 0 spiro atoms. The highest BCUT2D eigenvalue weighted by molar-refractivity contribution is 5.82. The van der Waals surface area contributed by atoms with Crippen LogP contribution < -0.4 is 0 Å². The molecule has 0 N–H and O–H groups in total. The summed E-state index contributed by atoms with van der Waals surface area (Å²) in [5.41, 5.74) is 0.641. The summed E-state index contributed by atoms with van der Waals surface area (Å²) >= 11 is 0. The van der Waals surface area contributed by atoms with Gasteiger partial charge in [0.1, 0.15) is 0 Å². The van der Waals surface area contributed by atoms with Gasteiger partial charge in [0, 0.05) is 32.0 Å². The molecule has 0 aliphatic heterocycles. The fraction of sp³-hybridized carbons (Fsp3) is 0.846. The smallest absolute Gasteiger partial charge is 0.156 e. The molecule has 4 nitrogen and oxygen atoms in total. The van der Waals surface area contributed by atoms with Gasteiger partial charge < -0.3 is 9.30 Å². The van der Waals surface area contributed by atoms with Gasteiger partial charge in [-0.25, -0.2) is 4.98 Å². The normalized spacial score (nSPS) is 40.7. The van der Waals surface area contributed by atoms with Crippen LogP contribution in [0.15, 0.2) is 18.7 Å². The number of hydrogen-bond acceptors (Lipinski definition) is 3. The van der Waals surface area contributed by atoms with Gasteiger partial charge in [0.15, 0.2) is 5.78 Å². The van der Waals surface area contributed by atoms with Crippen LogP contribution in [0.4, 0.5) is 0 Å².